The standard InChI is InChI=1S/C16H22N4/c1-16(10-5-6-11-16)15(19-17)14-9-12-18-20(14)13-7-3-2-4-8-13/h2-4,7-9,12,15,19H,5-6,10-11,17H2,1H3. The maximum atomic E-state index is 5.88. The van der Waals surface area contributed by atoms with Crippen molar-refractivity contribution in [2.75, 3.05) is 0 Å². The van der Waals surface area contributed by atoms with Gasteiger partial charge in [-0.25, -0.2) is 4.68 Å². The number of hydrogen-bond acceptors (Lipinski definition) is 3. The number of benzene rings is 1. The molecule has 1 aromatic carbocycles. The number of para-hydroxylation sites is 1. The largest absolute Gasteiger partial charge is 0.271 e. The lowest BCUT2D eigenvalue weighted by Crippen LogP contribution is -2.39. The molecule has 2 aromatic rings. The van der Waals surface area contributed by atoms with Crippen LogP contribution in [0.15, 0.2) is 42.6 Å². The van der Waals surface area contributed by atoms with Crippen molar-refractivity contribution in [3.63, 3.8) is 0 Å². The molecule has 1 saturated carbocycles. The Bertz CT molecular complexity index is 555. The molecule has 0 saturated heterocycles. The first-order chi connectivity index (χ1) is 9.74. The summed E-state index contributed by atoms with van der Waals surface area (Å²) >= 11 is 0. The smallest absolute Gasteiger partial charge is 0.0687 e. The first kappa shape index (κ1) is 13.3. The van der Waals surface area contributed by atoms with Gasteiger partial charge in [-0.3, -0.25) is 11.3 Å². The lowest BCUT2D eigenvalue weighted by molar-refractivity contribution is 0.218. The Morgan fingerprint density at radius 3 is 2.55 bits per heavy atom. The molecule has 0 spiro atoms. The minimum absolute atomic E-state index is 0.132. The van der Waals surface area contributed by atoms with Crippen molar-refractivity contribution in [3.05, 3.63) is 48.3 Å². The number of nitrogens with one attached hydrogen (secondary N) is 1. The molecule has 0 radical (unpaired) electrons. The second-order valence-corrected chi connectivity index (χ2v) is 5.96. The Hall–Kier alpha value is -1.65. The lowest BCUT2D eigenvalue weighted by atomic mass is 9.79. The maximum absolute atomic E-state index is 5.88. The molecule has 1 aromatic heterocycles. The molecule has 1 heterocycles. The van der Waals surface area contributed by atoms with Crippen LogP contribution < -0.4 is 11.3 Å². The van der Waals surface area contributed by atoms with Crippen LogP contribution in [0.5, 0.6) is 0 Å². The second-order valence-electron chi connectivity index (χ2n) is 5.96. The van der Waals surface area contributed by atoms with Gasteiger partial charge in [0.05, 0.1) is 17.4 Å². The van der Waals surface area contributed by atoms with E-state index < -0.39 is 0 Å². The van der Waals surface area contributed by atoms with Crippen molar-refractivity contribution < 1.29 is 0 Å². The lowest BCUT2D eigenvalue weighted by Gasteiger charge is -2.33. The summed E-state index contributed by atoms with van der Waals surface area (Å²) in [5.74, 6) is 5.88. The van der Waals surface area contributed by atoms with E-state index in [0.717, 1.165) is 11.4 Å². The van der Waals surface area contributed by atoms with E-state index in [0.29, 0.717) is 0 Å². The first-order valence-electron chi connectivity index (χ1n) is 7.30. The Labute approximate surface area is 120 Å². The number of hydrogen-bond donors (Lipinski definition) is 2. The molecule has 1 atom stereocenters. The minimum atomic E-state index is 0.132. The van der Waals surface area contributed by atoms with Crippen LogP contribution in [0.25, 0.3) is 5.69 Å². The van der Waals surface area contributed by atoms with E-state index >= 15 is 0 Å². The number of nitrogens with two attached hydrogens (primary N) is 1. The highest BCUT2D eigenvalue weighted by Gasteiger charge is 2.39. The monoisotopic (exact) mass is 270 g/mol. The van der Waals surface area contributed by atoms with Crippen molar-refractivity contribution >= 4 is 0 Å². The normalized spacial score (nSPS) is 19.1. The summed E-state index contributed by atoms with van der Waals surface area (Å²) in [7, 11) is 0. The van der Waals surface area contributed by atoms with Gasteiger partial charge in [0.15, 0.2) is 0 Å². The van der Waals surface area contributed by atoms with Gasteiger partial charge in [-0.1, -0.05) is 38.0 Å². The van der Waals surface area contributed by atoms with Crippen LogP contribution >= 0.6 is 0 Å². The highest BCUT2D eigenvalue weighted by Crippen LogP contribution is 2.46. The molecular formula is C16H22N4. The fourth-order valence-corrected chi connectivity index (χ4v) is 3.43. The third kappa shape index (κ3) is 2.25. The van der Waals surface area contributed by atoms with Crippen molar-refractivity contribution in [2.24, 2.45) is 11.3 Å². The van der Waals surface area contributed by atoms with Crippen LogP contribution in [0.3, 0.4) is 0 Å². The Morgan fingerprint density at radius 1 is 1.20 bits per heavy atom. The van der Waals surface area contributed by atoms with Gasteiger partial charge in [0.1, 0.15) is 0 Å². The fourth-order valence-electron chi connectivity index (χ4n) is 3.43. The predicted molar refractivity (Wildman–Crippen MR) is 80.2 cm³/mol. The molecule has 106 valence electrons. The third-order valence-electron chi connectivity index (χ3n) is 4.58. The zero-order valence-corrected chi connectivity index (χ0v) is 11.9. The average molecular weight is 270 g/mol. The number of hydrazine groups is 1. The molecule has 4 heteroatoms. The van der Waals surface area contributed by atoms with Gasteiger partial charge >= 0.3 is 0 Å². The van der Waals surface area contributed by atoms with E-state index in [1.165, 1.54) is 25.7 Å². The summed E-state index contributed by atoms with van der Waals surface area (Å²) in [5.41, 5.74) is 5.47. The topological polar surface area (TPSA) is 55.9 Å². The number of aromatic nitrogens is 2. The van der Waals surface area contributed by atoms with Crippen LogP contribution in [0.1, 0.15) is 44.3 Å². The zero-order valence-electron chi connectivity index (χ0n) is 11.9. The fraction of sp³-hybridized carbons (Fsp3) is 0.438. The quantitative estimate of drug-likeness (QED) is 0.663. The molecule has 20 heavy (non-hydrogen) atoms. The SMILES string of the molecule is CC1(C(NN)c2ccnn2-c2ccccc2)CCCC1. The van der Waals surface area contributed by atoms with E-state index in [1.54, 1.807) is 0 Å². The van der Waals surface area contributed by atoms with Gasteiger partial charge in [0, 0.05) is 6.20 Å². The van der Waals surface area contributed by atoms with Crippen molar-refractivity contribution in [1.82, 2.24) is 15.2 Å². The molecule has 0 amide bonds. The summed E-state index contributed by atoms with van der Waals surface area (Å²) < 4.78 is 1.99. The molecule has 0 aliphatic heterocycles. The van der Waals surface area contributed by atoms with Crippen molar-refractivity contribution in [1.29, 1.82) is 0 Å². The highest BCUT2D eigenvalue weighted by molar-refractivity contribution is 5.33. The van der Waals surface area contributed by atoms with E-state index in [-0.39, 0.29) is 11.5 Å². The highest BCUT2D eigenvalue weighted by atomic mass is 15.3. The van der Waals surface area contributed by atoms with Gasteiger partial charge in [0.25, 0.3) is 0 Å². The van der Waals surface area contributed by atoms with Crippen molar-refractivity contribution in [2.45, 2.75) is 38.6 Å². The van der Waals surface area contributed by atoms with Crippen molar-refractivity contribution in [3.8, 4) is 5.69 Å². The number of rotatable bonds is 4. The summed E-state index contributed by atoms with van der Waals surface area (Å²) in [4.78, 5) is 0. The summed E-state index contributed by atoms with van der Waals surface area (Å²) in [6.45, 7) is 2.33. The zero-order chi connectivity index (χ0) is 14.0. The molecule has 1 unspecified atom stereocenters. The van der Waals surface area contributed by atoms with Gasteiger partial charge in [-0.2, -0.15) is 5.10 Å². The molecule has 1 aliphatic rings. The van der Waals surface area contributed by atoms with Crippen LogP contribution in [-0.2, 0) is 0 Å². The van der Waals surface area contributed by atoms with E-state index in [1.807, 2.05) is 29.1 Å². The summed E-state index contributed by atoms with van der Waals surface area (Å²) in [5, 5.41) is 4.48. The van der Waals surface area contributed by atoms with Gasteiger partial charge in [-0.05, 0) is 36.5 Å². The first-order valence-corrected chi connectivity index (χ1v) is 7.30. The van der Waals surface area contributed by atoms with E-state index in [2.05, 4.69) is 35.6 Å². The predicted octanol–water partition coefficient (Wildman–Crippen LogP) is 2.96. The molecule has 3 N–H and O–H groups in total. The van der Waals surface area contributed by atoms with Crippen LogP contribution in [0.2, 0.25) is 0 Å². The van der Waals surface area contributed by atoms with E-state index in [9.17, 15) is 0 Å². The summed E-state index contributed by atoms with van der Waals surface area (Å²) in [6, 6.07) is 12.4. The molecule has 0 bridgehead atoms. The maximum Gasteiger partial charge on any atom is 0.0687 e. The van der Waals surface area contributed by atoms with Crippen LogP contribution in [-0.4, -0.2) is 9.78 Å². The van der Waals surface area contributed by atoms with E-state index in [4.69, 9.17) is 5.84 Å². The average Bonchev–Trinajstić information content (AvgIpc) is 3.11. The Balaban J connectivity index is 2.00. The minimum Gasteiger partial charge on any atom is -0.271 e. The molecule has 4 nitrogen and oxygen atoms in total. The van der Waals surface area contributed by atoms with Gasteiger partial charge in [-0.15, -0.1) is 0 Å². The van der Waals surface area contributed by atoms with Crippen LogP contribution in [0, 0.1) is 5.41 Å². The van der Waals surface area contributed by atoms with Gasteiger partial charge in [0.2, 0.25) is 0 Å². The molecule has 1 aliphatic carbocycles. The Morgan fingerprint density at radius 2 is 1.90 bits per heavy atom. The number of nitrogens with zero attached hydrogens (tertiary/aromatic N) is 2. The summed E-state index contributed by atoms with van der Waals surface area (Å²) in [6.07, 6.45) is 6.84. The molecule has 3 rings (SSSR count). The Kier molecular flexibility index (Phi) is 3.59. The molecular weight excluding hydrogens is 248 g/mol. The van der Waals surface area contributed by atoms with Gasteiger partial charge < -0.3 is 0 Å². The third-order valence-corrected chi connectivity index (χ3v) is 4.58. The second kappa shape index (κ2) is 5.38. The van der Waals surface area contributed by atoms with Crippen LogP contribution in [0.4, 0.5) is 0 Å². The molecule has 1 fully saturated rings.